The smallest absolute Gasteiger partial charge is 0.264 e. The molecule has 31 heavy (non-hydrogen) atoms. The molecule has 0 aliphatic rings. The van der Waals surface area contributed by atoms with Crippen LogP contribution in [0.25, 0.3) is 0 Å². The summed E-state index contributed by atoms with van der Waals surface area (Å²) >= 11 is 24.2. The lowest BCUT2D eigenvalue weighted by Crippen LogP contribution is -2.38. The Hall–Kier alpha value is -1.96. The lowest BCUT2D eigenvalue weighted by atomic mass is 10.2. The van der Waals surface area contributed by atoms with Gasteiger partial charge in [0, 0.05) is 10.7 Å². The molecule has 0 fully saturated rings. The zero-order chi connectivity index (χ0) is 22.8. The third kappa shape index (κ3) is 5.64. The van der Waals surface area contributed by atoms with Crippen LogP contribution in [0.4, 0.5) is 11.4 Å². The fourth-order valence-electron chi connectivity index (χ4n) is 2.72. The second-order valence-corrected chi connectivity index (χ2v) is 10.1. The zero-order valence-electron chi connectivity index (χ0n) is 16.1. The van der Waals surface area contributed by atoms with Gasteiger partial charge in [-0.25, -0.2) is 8.42 Å². The summed E-state index contributed by atoms with van der Waals surface area (Å²) in [6.45, 7) is 1.29. The van der Waals surface area contributed by atoms with Crippen LogP contribution in [0.5, 0.6) is 0 Å². The third-order valence-corrected chi connectivity index (χ3v) is 7.34. The molecule has 0 saturated heterocycles. The summed E-state index contributed by atoms with van der Waals surface area (Å²) in [7, 11) is -4.13. The van der Waals surface area contributed by atoms with E-state index in [9.17, 15) is 13.2 Å². The summed E-state index contributed by atoms with van der Waals surface area (Å²) in [4.78, 5) is 12.8. The number of anilines is 2. The quantitative estimate of drug-likeness (QED) is 0.409. The maximum Gasteiger partial charge on any atom is 0.264 e. The lowest BCUT2D eigenvalue weighted by Gasteiger charge is -2.25. The minimum Gasteiger partial charge on any atom is -0.324 e. The van der Waals surface area contributed by atoms with Crippen molar-refractivity contribution in [1.82, 2.24) is 0 Å². The summed E-state index contributed by atoms with van der Waals surface area (Å²) in [6.07, 6.45) is 0. The number of carbonyl (C=O) groups excluding carboxylic acids is 1. The first kappa shape index (κ1) is 23.7. The topological polar surface area (TPSA) is 66.5 Å². The molecule has 0 saturated carbocycles. The number of aryl methyl sites for hydroxylation is 1. The summed E-state index contributed by atoms with van der Waals surface area (Å²) in [5.41, 5.74) is 1.34. The van der Waals surface area contributed by atoms with E-state index in [4.69, 9.17) is 46.4 Å². The van der Waals surface area contributed by atoms with Crippen molar-refractivity contribution in [1.29, 1.82) is 0 Å². The van der Waals surface area contributed by atoms with Crippen LogP contribution in [-0.2, 0) is 14.8 Å². The van der Waals surface area contributed by atoms with Crippen molar-refractivity contribution in [2.45, 2.75) is 11.8 Å². The van der Waals surface area contributed by atoms with E-state index < -0.39 is 22.5 Å². The molecule has 1 amide bonds. The molecular weight excluding hydrogens is 502 g/mol. The Kier molecular flexibility index (Phi) is 7.39. The molecule has 0 spiro atoms. The highest BCUT2D eigenvalue weighted by Gasteiger charge is 2.29. The van der Waals surface area contributed by atoms with Crippen LogP contribution in [0.3, 0.4) is 0 Å². The molecule has 5 nitrogen and oxygen atoms in total. The van der Waals surface area contributed by atoms with Crippen molar-refractivity contribution in [3.63, 3.8) is 0 Å². The number of benzene rings is 3. The Morgan fingerprint density at radius 3 is 2.16 bits per heavy atom. The highest BCUT2D eigenvalue weighted by Crippen LogP contribution is 2.33. The molecule has 0 heterocycles. The van der Waals surface area contributed by atoms with Crippen molar-refractivity contribution in [2.24, 2.45) is 0 Å². The van der Waals surface area contributed by atoms with Crippen molar-refractivity contribution in [2.75, 3.05) is 16.2 Å². The fourth-order valence-corrected chi connectivity index (χ4v) is 4.88. The minimum atomic E-state index is -4.13. The van der Waals surface area contributed by atoms with E-state index >= 15 is 0 Å². The van der Waals surface area contributed by atoms with Gasteiger partial charge in [0.05, 0.1) is 25.7 Å². The van der Waals surface area contributed by atoms with Crippen molar-refractivity contribution in [3.05, 3.63) is 86.3 Å². The molecule has 3 aromatic carbocycles. The van der Waals surface area contributed by atoms with Gasteiger partial charge in [-0.05, 0) is 55.5 Å². The SMILES string of the molecule is Cc1ccc(S(=O)(=O)N(CC(=O)Nc2ccc(Cl)c(Cl)c2)c2cc(Cl)ccc2Cl)cc1. The van der Waals surface area contributed by atoms with Gasteiger partial charge in [0.25, 0.3) is 10.0 Å². The number of rotatable bonds is 6. The van der Waals surface area contributed by atoms with Gasteiger partial charge < -0.3 is 5.32 Å². The average molecular weight is 518 g/mol. The number of hydrogen-bond donors (Lipinski definition) is 1. The Labute approximate surface area is 200 Å². The normalized spacial score (nSPS) is 11.3. The van der Waals surface area contributed by atoms with Crippen LogP contribution in [-0.4, -0.2) is 20.9 Å². The van der Waals surface area contributed by atoms with Crippen LogP contribution >= 0.6 is 46.4 Å². The standard InChI is InChI=1S/C21H16Cl4N2O3S/c1-13-2-6-16(7-3-13)31(29,30)27(20-10-14(22)4-8-18(20)24)12-21(28)26-15-5-9-17(23)19(25)11-15/h2-11H,12H2,1H3,(H,26,28). The van der Waals surface area contributed by atoms with Crippen LogP contribution in [0, 0.1) is 6.92 Å². The van der Waals surface area contributed by atoms with E-state index in [-0.39, 0.29) is 25.7 Å². The predicted molar refractivity (Wildman–Crippen MR) is 127 cm³/mol. The summed E-state index contributed by atoms with van der Waals surface area (Å²) in [6, 6.07) is 15.2. The van der Waals surface area contributed by atoms with Gasteiger partial charge >= 0.3 is 0 Å². The van der Waals surface area contributed by atoms with Gasteiger partial charge in [0.2, 0.25) is 5.91 Å². The Bertz CT molecular complexity index is 1230. The number of sulfonamides is 1. The first-order valence-corrected chi connectivity index (χ1v) is 11.8. The summed E-state index contributed by atoms with van der Waals surface area (Å²) < 4.78 is 27.7. The van der Waals surface area contributed by atoms with Crippen molar-refractivity contribution >= 4 is 73.7 Å². The first-order chi connectivity index (χ1) is 14.6. The van der Waals surface area contributed by atoms with Crippen LogP contribution in [0.15, 0.2) is 65.6 Å². The molecule has 0 atom stereocenters. The fraction of sp³-hybridized carbons (Fsp3) is 0.0952. The lowest BCUT2D eigenvalue weighted by molar-refractivity contribution is -0.114. The second-order valence-electron chi connectivity index (χ2n) is 6.60. The van der Waals surface area contributed by atoms with Crippen molar-refractivity contribution < 1.29 is 13.2 Å². The molecule has 162 valence electrons. The Morgan fingerprint density at radius 2 is 1.52 bits per heavy atom. The molecule has 1 N–H and O–H groups in total. The number of halogens is 4. The maximum absolute atomic E-state index is 13.4. The van der Waals surface area contributed by atoms with Gasteiger partial charge in [0.15, 0.2) is 0 Å². The van der Waals surface area contributed by atoms with Gasteiger partial charge in [-0.15, -0.1) is 0 Å². The summed E-state index contributed by atoms with van der Waals surface area (Å²) in [5.74, 6) is -0.606. The second kappa shape index (κ2) is 9.67. The average Bonchev–Trinajstić information content (AvgIpc) is 2.71. The maximum atomic E-state index is 13.4. The number of nitrogens with zero attached hydrogens (tertiary/aromatic N) is 1. The van der Waals surface area contributed by atoms with E-state index in [1.165, 1.54) is 42.5 Å². The molecule has 0 aliphatic heterocycles. The molecule has 3 rings (SSSR count). The first-order valence-electron chi connectivity index (χ1n) is 8.87. The van der Waals surface area contributed by atoms with Crippen molar-refractivity contribution in [3.8, 4) is 0 Å². The number of amides is 1. The zero-order valence-corrected chi connectivity index (χ0v) is 19.9. The Balaban J connectivity index is 1.99. The van der Waals surface area contributed by atoms with E-state index in [2.05, 4.69) is 5.32 Å². The van der Waals surface area contributed by atoms with Crippen LogP contribution in [0.2, 0.25) is 20.1 Å². The van der Waals surface area contributed by atoms with Crippen LogP contribution in [0.1, 0.15) is 5.56 Å². The largest absolute Gasteiger partial charge is 0.324 e. The highest BCUT2D eigenvalue weighted by molar-refractivity contribution is 7.92. The molecule has 0 unspecified atom stereocenters. The van der Waals surface area contributed by atoms with E-state index in [0.29, 0.717) is 10.7 Å². The van der Waals surface area contributed by atoms with Crippen LogP contribution < -0.4 is 9.62 Å². The van der Waals surface area contributed by atoms with Gasteiger partial charge in [-0.2, -0.15) is 0 Å². The molecule has 0 bridgehead atoms. The highest BCUT2D eigenvalue weighted by atomic mass is 35.5. The molecule has 10 heteroatoms. The number of hydrogen-bond acceptors (Lipinski definition) is 3. The third-order valence-electron chi connectivity index (χ3n) is 4.28. The summed E-state index contributed by atoms with van der Waals surface area (Å²) in [5, 5.41) is 3.59. The van der Waals surface area contributed by atoms with Gasteiger partial charge in [-0.1, -0.05) is 64.1 Å². The number of carbonyl (C=O) groups is 1. The van der Waals surface area contributed by atoms with E-state index in [1.807, 2.05) is 6.92 Å². The number of nitrogens with one attached hydrogen (secondary N) is 1. The predicted octanol–water partition coefficient (Wildman–Crippen LogP) is 6.44. The minimum absolute atomic E-state index is 0.0106. The molecule has 0 aromatic heterocycles. The Morgan fingerprint density at radius 1 is 0.871 bits per heavy atom. The van der Waals surface area contributed by atoms with E-state index in [1.54, 1.807) is 18.2 Å². The molecule has 0 aliphatic carbocycles. The molecular formula is C21H16Cl4N2O3S. The molecule has 3 aromatic rings. The van der Waals surface area contributed by atoms with E-state index in [0.717, 1.165) is 9.87 Å². The van der Waals surface area contributed by atoms with Gasteiger partial charge in [-0.3, -0.25) is 9.10 Å². The monoisotopic (exact) mass is 516 g/mol. The van der Waals surface area contributed by atoms with Gasteiger partial charge in [0.1, 0.15) is 6.54 Å². The molecule has 0 radical (unpaired) electrons.